The Morgan fingerprint density at radius 3 is 2.27 bits per heavy atom. The van der Waals surface area contributed by atoms with Crippen LogP contribution in [0.1, 0.15) is 35.4 Å². The van der Waals surface area contributed by atoms with Crippen molar-refractivity contribution >= 4 is 21.6 Å². The number of ether oxygens (including phenoxy) is 3. The molecule has 0 bridgehead atoms. The highest BCUT2D eigenvalue weighted by Crippen LogP contribution is 2.48. The van der Waals surface area contributed by atoms with Crippen LogP contribution in [0, 0.1) is 0 Å². The minimum absolute atomic E-state index is 0.107. The Bertz CT molecular complexity index is 1100. The molecule has 30 heavy (non-hydrogen) atoms. The van der Waals surface area contributed by atoms with E-state index in [0.717, 1.165) is 50.5 Å². The quantitative estimate of drug-likeness (QED) is 0.495. The number of hydrogen-bond donors (Lipinski definition) is 0. The summed E-state index contributed by atoms with van der Waals surface area (Å²) in [4.78, 5) is 0. The Hall–Kier alpha value is -2.99. The molecule has 0 saturated carbocycles. The fourth-order valence-corrected chi connectivity index (χ4v) is 4.38. The molecular formula is C24H21BrN2O3. The van der Waals surface area contributed by atoms with Crippen LogP contribution in [0.4, 0.5) is 0 Å². The van der Waals surface area contributed by atoms with Crippen LogP contribution in [-0.4, -0.2) is 24.9 Å². The van der Waals surface area contributed by atoms with E-state index in [1.165, 1.54) is 0 Å². The van der Waals surface area contributed by atoms with Crippen molar-refractivity contribution in [2.75, 3.05) is 14.2 Å². The summed E-state index contributed by atoms with van der Waals surface area (Å²) in [5.74, 6) is 2.55. The summed E-state index contributed by atoms with van der Waals surface area (Å²) in [5.41, 5.74) is 4.31. The first-order chi connectivity index (χ1) is 14.7. The molecule has 2 aliphatic heterocycles. The number of fused-ring (bicyclic) bond motifs is 3. The van der Waals surface area contributed by atoms with Gasteiger partial charge >= 0.3 is 0 Å². The van der Waals surface area contributed by atoms with Crippen molar-refractivity contribution in [3.8, 4) is 17.2 Å². The summed E-state index contributed by atoms with van der Waals surface area (Å²) in [7, 11) is 3.34. The molecule has 0 N–H and O–H groups in total. The number of benzene rings is 3. The second-order valence-corrected chi connectivity index (χ2v) is 8.22. The smallest absolute Gasteiger partial charge is 0.213 e. The number of hydrazone groups is 1. The Kier molecular flexibility index (Phi) is 4.87. The second-order valence-electron chi connectivity index (χ2n) is 7.30. The Balaban J connectivity index is 1.56. The fourth-order valence-electron chi connectivity index (χ4n) is 4.00. The van der Waals surface area contributed by atoms with Gasteiger partial charge in [-0.3, -0.25) is 0 Å². The van der Waals surface area contributed by atoms with Crippen LogP contribution in [0.15, 0.2) is 76.3 Å². The number of methoxy groups -OCH3 is 2. The largest absolute Gasteiger partial charge is 0.497 e. The number of hydrogen-bond acceptors (Lipinski definition) is 5. The average Bonchev–Trinajstić information content (AvgIpc) is 3.24. The van der Waals surface area contributed by atoms with Crippen LogP contribution in [0.3, 0.4) is 0 Å². The minimum Gasteiger partial charge on any atom is -0.497 e. The predicted octanol–water partition coefficient (Wildman–Crippen LogP) is 5.71. The molecule has 2 unspecified atom stereocenters. The lowest BCUT2D eigenvalue weighted by Crippen LogP contribution is -2.33. The molecule has 3 aromatic carbocycles. The lowest BCUT2D eigenvalue weighted by atomic mass is 9.96. The molecule has 5 nitrogen and oxygen atoms in total. The van der Waals surface area contributed by atoms with Crippen LogP contribution < -0.4 is 14.2 Å². The number of nitrogens with zero attached hydrogens (tertiary/aromatic N) is 2. The maximum absolute atomic E-state index is 6.42. The zero-order valence-corrected chi connectivity index (χ0v) is 18.3. The summed E-state index contributed by atoms with van der Waals surface area (Å²) in [6.45, 7) is 0. The molecule has 3 aromatic rings. The second kappa shape index (κ2) is 7.69. The van der Waals surface area contributed by atoms with Crippen molar-refractivity contribution in [2.45, 2.75) is 18.7 Å². The third kappa shape index (κ3) is 3.31. The number of halogens is 1. The minimum atomic E-state index is -0.301. The summed E-state index contributed by atoms with van der Waals surface area (Å²) in [6, 6.07) is 22.3. The molecule has 0 radical (unpaired) electrons. The Morgan fingerprint density at radius 2 is 1.60 bits per heavy atom. The lowest BCUT2D eigenvalue weighted by molar-refractivity contribution is -0.0191. The van der Waals surface area contributed by atoms with E-state index in [-0.39, 0.29) is 12.3 Å². The van der Waals surface area contributed by atoms with E-state index in [0.29, 0.717) is 0 Å². The highest BCUT2D eigenvalue weighted by atomic mass is 79.9. The molecule has 2 heterocycles. The standard InChI is InChI=1S/C24H21BrN2O3/c1-28-18-8-3-15(4-9-18)21-14-22-20-13-17(25)7-12-23(20)30-24(27(22)26-21)16-5-10-19(29-2)11-6-16/h3-13,22,24H,14H2,1-2H3. The molecule has 0 saturated heterocycles. The van der Waals surface area contributed by atoms with Crippen molar-refractivity contribution in [1.82, 2.24) is 5.01 Å². The van der Waals surface area contributed by atoms with Crippen LogP contribution in [0.5, 0.6) is 17.2 Å². The van der Waals surface area contributed by atoms with Crippen molar-refractivity contribution in [1.29, 1.82) is 0 Å². The molecule has 5 rings (SSSR count). The fraction of sp³-hybridized carbons (Fsp3) is 0.208. The van der Waals surface area contributed by atoms with E-state index < -0.39 is 0 Å². The summed E-state index contributed by atoms with van der Waals surface area (Å²) < 4.78 is 18.1. The van der Waals surface area contributed by atoms with Crippen molar-refractivity contribution in [2.24, 2.45) is 5.10 Å². The molecule has 152 valence electrons. The first-order valence-corrected chi connectivity index (χ1v) is 10.6. The van der Waals surface area contributed by atoms with Crippen LogP contribution in [0.25, 0.3) is 0 Å². The van der Waals surface area contributed by atoms with Gasteiger partial charge in [-0.05, 0) is 72.3 Å². The molecule has 0 aliphatic carbocycles. The van der Waals surface area contributed by atoms with E-state index in [2.05, 4.69) is 39.1 Å². The van der Waals surface area contributed by atoms with Gasteiger partial charge in [0.25, 0.3) is 0 Å². The predicted molar refractivity (Wildman–Crippen MR) is 119 cm³/mol. The monoisotopic (exact) mass is 464 g/mol. The normalized spacial score (nSPS) is 19.4. The summed E-state index contributed by atoms with van der Waals surface area (Å²) >= 11 is 3.60. The first kappa shape index (κ1) is 19.0. The molecule has 2 aliphatic rings. The van der Waals surface area contributed by atoms with Crippen molar-refractivity contribution in [3.63, 3.8) is 0 Å². The van der Waals surface area contributed by atoms with E-state index in [1.807, 2.05) is 48.5 Å². The highest BCUT2D eigenvalue weighted by molar-refractivity contribution is 9.10. The molecule has 0 fully saturated rings. The number of rotatable bonds is 4. The molecule has 0 amide bonds. The Morgan fingerprint density at radius 1 is 0.933 bits per heavy atom. The topological polar surface area (TPSA) is 43.3 Å². The van der Waals surface area contributed by atoms with Crippen molar-refractivity contribution < 1.29 is 14.2 Å². The SMILES string of the molecule is COc1ccc(C2=NN3C(C2)c2cc(Br)ccc2OC3c2ccc(OC)cc2)cc1. The van der Waals surface area contributed by atoms with Gasteiger partial charge in [0.2, 0.25) is 6.23 Å². The third-order valence-electron chi connectivity index (χ3n) is 5.58. The van der Waals surface area contributed by atoms with E-state index in [4.69, 9.17) is 19.3 Å². The zero-order valence-electron chi connectivity index (χ0n) is 16.7. The lowest BCUT2D eigenvalue weighted by Gasteiger charge is -2.38. The van der Waals surface area contributed by atoms with Crippen molar-refractivity contribution in [3.05, 3.63) is 87.9 Å². The van der Waals surface area contributed by atoms with E-state index >= 15 is 0 Å². The van der Waals surface area contributed by atoms with Crippen LogP contribution in [-0.2, 0) is 0 Å². The molecule has 6 heteroatoms. The van der Waals surface area contributed by atoms with Gasteiger partial charge in [-0.1, -0.05) is 15.9 Å². The van der Waals surface area contributed by atoms with E-state index in [9.17, 15) is 0 Å². The highest BCUT2D eigenvalue weighted by Gasteiger charge is 2.41. The third-order valence-corrected chi connectivity index (χ3v) is 6.07. The van der Waals surface area contributed by atoms with Gasteiger partial charge in [-0.25, -0.2) is 5.01 Å². The van der Waals surface area contributed by atoms with E-state index in [1.54, 1.807) is 14.2 Å². The maximum atomic E-state index is 6.42. The van der Waals surface area contributed by atoms with Gasteiger partial charge in [0.1, 0.15) is 17.2 Å². The molecule has 0 aromatic heterocycles. The van der Waals surface area contributed by atoms with Crippen LogP contribution in [0.2, 0.25) is 0 Å². The maximum Gasteiger partial charge on any atom is 0.213 e. The molecular weight excluding hydrogens is 444 g/mol. The molecule has 2 atom stereocenters. The first-order valence-electron chi connectivity index (χ1n) is 9.76. The van der Waals surface area contributed by atoms with Gasteiger partial charge in [-0.2, -0.15) is 5.10 Å². The molecule has 0 spiro atoms. The van der Waals surface area contributed by atoms with Gasteiger partial charge < -0.3 is 14.2 Å². The Labute approximate surface area is 184 Å². The summed E-state index contributed by atoms with van der Waals surface area (Å²) in [6.07, 6.45) is 0.511. The average molecular weight is 465 g/mol. The van der Waals surface area contributed by atoms with Crippen LogP contribution >= 0.6 is 15.9 Å². The van der Waals surface area contributed by atoms with Gasteiger partial charge in [-0.15, -0.1) is 0 Å². The van der Waals surface area contributed by atoms with Gasteiger partial charge in [0.15, 0.2) is 0 Å². The van der Waals surface area contributed by atoms with Gasteiger partial charge in [0, 0.05) is 22.0 Å². The summed E-state index contributed by atoms with van der Waals surface area (Å²) in [5, 5.41) is 7.08. The zero-order chi connectivity index (χ0) is 20.7. The van der Waals surface area contributed by atoms with Gasteiger partial charge in [0.05, 0.1) is 26.0 Å².